The molecular weight excluding hydrogens is 255 g/mol. The van der Waals surface area contributed by atoms with Gasteiger partial charge in [0.15, 0.2) is 0 Å². The summed E-state index contributed by atoms with van der Waals surface area (Å²) in [5.74, 6) is -0.428. The van der Waals surface area contributed by atoms with E-state index in [4.69, 9.17) is 27.8 Å². The van der Waals surface area contributed by atoms with Gasteiger partial charge in [-0.15, -0.1) is 0 Å². The Bertz CT molecular complexity index is 415. The first-order valence-electron chi connectivity index (χ1n) is 5.55. The largest absolute Gasteiger partial charge is 0.394 e. The minimum Gasteiger partial charge on any atom is -0.394 e. The second kappa shape index (κ2) is 7.25. The van der Waals surface area contributed by atoms with Crippen molar-refractivity contribution in [1.29, 1.82) is 0 Å². The van der Waals surface area contributed by atoms with Gasteiger partial charge in [-0.25, -0.2) is 4.39 Å². The minimum atomic E-state index is -0.428. The molecule has 0 bridgehead atoms. The molecule has 0 unspecified atom stereocenters. The molecule has 0 spiro atoms. The van der Waals surface area contributed by atoms with E-state index in [1.165, 1.54) is 6.07 Å². The number of aliphatic hydroxyl groups is 1. The zero-order valence-electron chi connectivity index (χ0n) is 10.2. The van der Waals surface area contributed by atoms with Crippen molar-refractivity contribution >= 4 is 22.9 Å². The maximum atomic E-state index is 13.6. The van der Waals surface area contributed by atoms with Crippen molar-refractivity contribution in [3.05, 3.63) is 29.6 Å². The minimum absolute atomic E-state index is 0.000977. The molecular formula is C12H17FN2O2S. The van der Waals surface area contributed by atoms with Gasteiger partial charge in [0, 0.05) is 24.8 Å². The fourth-order valence-corrected chi connectivity index (χ4v) is 1.60. The van der Waals surface area contributed by atoms with E-state index in [2.05, 4.69) is 0 Å². The van der Waals surface area contributed by atoms with Gasteiger partial charge >= 0.3 is 0 Å². The van der Waals surface area contributed by atoms with Crippen molar-refractivity contribution in [2.24, 2.45) is 5.73 Å². The Morgan fingerprint density at radius 1 is 1.50 bits per heavy atom. The molecule has 100 valence electrons. The summed E-state index contributed by atoms with van der Waals surface area (Å²) in [6.45, 7) is 1.38. The first kappa shape index (κ1) is 14.8. The van der Waals surface area contributed by atoms with E-state index >= 15 is 0 Å². The summed E-state index contributed by atoms with van der Waals surface area (Å²) < 4.78 is 18.8. The predicted octanol–water partition coefficient (Wildman–Crippen LogP) is 0.905. The van der Waals surface area contributed by atoms with Gasteiger partial charge in [-0.2, -0.15) is 0 Å². The van der Waals surface area contributed by atoms with Crippen LogP contribution >= 0.6 is 12.2 Å². The number of halogens is 1. The topological polar surface area (TPSA) is 58.7 Å². The molecule has 0 aliphatic heterocycles. The number of likely N-dealkylation sites (N-methyl/N-ethyl adjacent to an activating group) is 1. The van der Waals surface area contributed by atoms with Crippen LogP contribution in [0.4, 0.5) is 10.1 Å². The molecule has 0 saturated heterocycles. The van der Waals surface area contributed by atoms with Crippen LogP contribution in [0.1, 0.15) is 5.56 Å². The van der Waals surface area contributed by atoms with E-state index in [0.717, 1.165) is 5.69 Å². The van der Waals surface area contributed by atoms with Gasteiger partial charge in [0.25, 0.3) is 0 Å². The molecule has 0 heterocycles. The summed E-state index contributed by atoms with van der Waals surface area (Å²) in [7, 11) is 1.83. The van der Waals surface area contributed by atoms with Gasteiger partial charge in [0.1, 0.15) is 10.8 Å². The van der Waals surface area contributed by atoms with Crippen molar-refractivity contribution in [1.82, 2.24) is 0 Å². The van der Waals surface area contributed by atoms with Gasteiger partial charge in [-0.05, 0) is 18.2 Å². The predicted molar refractivity (Wildman–Crippen MR) is 73.5 cm³/mol. The average Bonchev–Trinajstić information content (AvgIpc) is 2.33. The van der Waals surface area contributed by atoms with Crippen LogP contribution in [-0.2, 0) is 4.74 Å². The molecule has 3 N–H and O–H groups in total. The van der Waals surface area contributed by atoms with Crippen LogP contribution in [0.3, 0.4) is 0 Å². The lowest BCUT2D eigenvalue weighted by Crippen LogP contribution is -2.23. The van der Waals surface area contributed by atoms with Gasteiger partial charge in [0.2, 0.25) is 0 Å². The molecule has 6 heteroatoms. The number of nitrogens with two attached hydrogens (primary N) is 1. The SMILES string of the molecule is CN(CCOCCO)c1ccc(C(N)=S)c(F)c1. The summed E-state index contributed by atoms with van der Waals surface area (Å²) >= 11 is 4.74. The highest BCUT2D eigenvalue weighted by Gasteiger charge is 2.08. The number of ether oxygens (including phenoxy) is 1. The highest BCUT2D eigenvalue weighted by atomic mass is 32.1. The van der Waals surface area contributed by atoms with Crippen molar-refractivity contribution in [3.63, 3.8) is 0 Å². The lowest BCUT2D eigenvalue weighted by molar-refractivity contribution is 0.0971. The lowest BCUT2D eigenvalue weighted by atomic mass is 10.2. The fourth-order valence-electron chi connectivity index (χ4n) is 1.44. The summed E-state index contributed by atoms with van der Waals surface area (Å²) in [5, 5.41) is 8.56. The van der Waals surface area contributed by atoms with E-state index in [1.807, 2.05) is 11.9 Å². The van der Waals surface area contributed by atoms with Gasteiger partial charge in [-0.3, -0.25) is 0 Å². The summed E-state index contributed by atoms with van der Waals surface area (Å²) in [6, 6.07) is 4.71. The second-order valence-corrected chi connectivity index (χ2v) is 4.23. The Morgan fingerprint density at radius 2 is 2.22 bits per heavy atom. The Balaban J connectivity index is 2.61. The Kier molecular flexibility index (Phi) is 5.97. The number of benzene rings is 1. The molecule has 0 aliphatic carbocycles. The lowest BCUT2D eigenvalue weighted by Gasteiger charge is -2.19. The molecule has 0 radical (unpaired) electrons. The Morgan fingerprint density at radius 3 is 2.78 bits per heavy atom. The summed E-state index contributed by atoms with van der Waals surface area (Å²) in [6.07, 6.45) is 0. The molecule has 0 amide bonds. The first-order chi connectivity index (χ1) is 8.56. The van der Waals surface area contributed by atoms with E-state index < -0.39 is 5.82 Å². The summed E-state index contributed by atoms with van der Waals surface area (Å²) in [5.41, 5.74) is 6.36. The maximum Gasteiger partial charge on any atom is 0.135 e. The number of nitrogens with zero attached hydrogens (tertiary/aromatic N) is 1. The zero-order chi connectivity index (χ0) is 13.5. The van der Waals surface area contributed by atoms with E-state index in [0.29, 0.717) is 19.8 Å². The van der Waals surface area contributed by atoms with Crippen molar-refractivity contribution in [3.8, 4) is 0 Å². The average molecular weight is 272 g/mol. The number of hydrogen-bond donors (Lipinski definition) is 2. The number of aliphatic hydroxyl groups excluding tert-OH is 1. The third kappa shape index (κ3) is 4.21. The number of anilines is 1. The van der Waals surface area contributed by atoms with Gasteiger partial charge in [-0.1, -0.05) is 12.2 Å². The fraction of sp³-hybridized carbons (Fsp3) is 0.417. The Hall–Kier alpha value is -1.24. The molecule has 0 aliphatic rings. The standard InChI is InChI=1S/C12H17FN2O2S/c1-15(4-6-17-7-5-16)9-2-3-10(12(14)18)11(13)8-9/h2-3,8,16H,4-7H2,1H3,(H2,14,18). The molecule has 18 heavy (non-hydrogen) atoms. The van der Waals surface area contributed by atoms with Crippen molar-refractivity contribution in [2.45, 2.75) is 0 Å². The molecule has 0 fully saturated rings. The molecule has 1 rings (SSSR count). The normalized spacial score (nSPS) is 10.4. The van der Waals surface area contributed by atoms with Crippen molar-refractivity contribution < 1.29 is 14.2 Å². The molecule has 1 aromatic rings. The third-order valence-electron chi connectivity index (χ3n) is 2.47. The molecule has 1 aromatic carbocycles. The summed E-state index contributed by atoms with van der Waals surface area (Å²) in [4.78, 5) is 1.90. The monoisotopic (exact) mass is 272 g/mol. The van der Waals surface area contributed by atoms with E-state index in [-0.39, 0.29) is 17.2 Å². The maximum absolute atomic E-state index is 13.6. The smallest absolute Gasteiger partial charge is 0.135 e. The number of rotatable bonds is 7. The molecule has 0 saturated carbocycles. The highest BCUT2D eigenvalue weighted by Crippen LogP contribution is 2.17. The van der Waals surface area contributed by atoms with Crippen LogP contribution in [0.15, 0.2) is 18.2 Å². The molecule has 0 atom stereocenters. The third-order valence-corrected chi connectivity index (χ3v) is 2.69. The zero-order valence-corrected chi connectivity index (χ0v) is 11.0. The van der Waals surface area contributed by atoms with Gasteiger partial charge < -0.3 is 20.5 Å². The van der Waals surface area contributed by atoms with Crippen LogP contribution in [0.5, 0.6) is 0 Å². The van der Waals surface area contributed by atoms with Crippen LogP contribution in [0.25, 0.3) is 0 Å². The molecule has 0 aromatic heterocycles. The van der Waals surface area contributed by atoms with E-state index in [1.54, 1.807) is 12.1 Å². The highest BCUT2D eigenvalue weighted by molar-refractivity contribution is 7.80. The second-order valence-electron chi connectivity index (χ2n) is 3.79. The van der Waals surface area contributed by atoms with Gasteiger partial charge in [0.05, 0.1) is 19.8 Å². The molecule has 4 nitrogen and oxygen atoms in total. The number of hydrogen-bond acceptors (Lipinski definition) is 4. The Labute approximate surface area is 111 Å². The number of thiocarbonyl (C=S) groups is 1. The van der Waals surface area contributed by atoms with Crippen LogP contribution in [-0.4, -0.2) is 43.5 Å². The van der Waals surface area contributed by atoms with Crippen LogP contribution in [0.2, 0.25) is 0 Å². The van der Waals surface area contributed by atoms with Crippen LogP contribution < -0.4 is 10.6 Å². The first-order valence-corrected chi connectivity index (χ1v) is 5.96. The quantitative estimate of drug-likeness (QED) is 0.570. The van der Waals surface area contributed by atoms with Crippen LogP contribution in [0, 0.1) is 5.82 Å². The van der Waals surface area contributed by atoms with E-state index in [9.17, 15) is 4.39 Å². The van der Waals surface area contributed by atoms with Crippen molar-refractivity contribution in [2.75, 3.05) is 38.3 Å².